The Morgan fingerprint density at radius 1 is 0.542 bits per heavy atom. The number of alkyl halides is 8. The van der Waals surface area contributed by atoms with E-state index in [1.807, 2.05) is 0 Å². The van der Waals surface area contributed by atoms with Crippen LogP contribution in [0.1, 0.15) is 31.9 Å². The lowest BCUT2D eigenvalue weighted by molar-refractivity contribution is -0.138. The van der Waals surface area contributed by atoms with Crippen LogP contribution in [0.25, 0.3) is 0 Å². The van der Waals surface area contributed by atoms with Crippen LogP contribution in [0.4, 0.5) is 26.3 Å². The molecular weight excluding hydrogens is 466 g/mol. The van der Waals surface area contributed by atoms with Crippen molar-refractivity contribution in [3.63, 3.8) is 0 Å². The van der Waals surface area contributed by atoms with Crippen LogP contribution in [0.2, 0.25) is 0 Å². The minimum absolute atomic E-state index is 0.406. The van der Waals surface area contributed by atoms with Crippen LogP contribution in [0.15, 0.2) is 48.5 Å². The molecule has 0 aromatic heterocycles. The lowest BCUT2D eigenvalue weighted by atomic mass is 10.0. The number of hydrogen-bond donors (Lipinski definition) is 0. The molecule has 2 atom stereocenters. The van der Waals surface area contributed by atoms with E-state index in [4.69, 9.17) is 0 Å². The Morgan fingerprint density at radius 3 is 1.00 bits per heavy atom. The van der Waals surface area contributed by atoms with Gasteiger partial charge in [0.15, 0.2) is 0 Å². The van der Waals surface area contributed by atoms with Gasteiger partial charge in [-0.3, -0.25) is 0 Å². The van der Waals surface area contributed by atoms with Crippen molar-refractivity contribution in [3.05, 3.63) is 70.8 Å². The van der Waals surface area contributed by atoms with Crippen molar-refractivity contribution in [2.24, 2.45) is 0 Å². The molecule has 0 aliphatic rings. The van der Waals surface area contributed by atoms with Gasteiger partial charge in [-0.25, -0.2) is 0 Å². The molecule has 2 aromatic carbocycles. The van der Waals surface area contributed by atoms with Crippen LogP contribution in [0.3, 0.4) is 0 Å². The third-order valence-electron chi connectivity index (χ3n) is 3.37. The molecule has 0 aliphatic carbocycles. The van der Waals surface area contributed by atoms with Crippen LogP contribution in [0.5, 0.6) is 0 Å². The van der Waals surface area contributed by atoms with Gasteiger partial charge in [0.1, 0.15) is 0 Å². The molecule has 0 radical (unpaired) electrons. The second kappa shape index (κ2) is 7.07. The van der Waals surface area contributed by atoms with Gasteiger partial charge >= 0.3 is 12.4 Å². The molecule has 0 aliphatic heterocycles. The Labute approximate surface area is 151 Å². The standard InChI is InChI=1S/C16H10Br2F6/c17-13(9-1-5-11(6-2-9)15(19,20)21)14(18)10-3-7-12(8-4-10)16(22,23)24/h1-8,13-14H/t13-,14-/m0/s1. The number of halogens is 8. The first kappa shape index (κ1) is 19.3. The molecule has 0 bridgehead atoms. The SMILES string of the molecule is FC(F)(F)c1ccc([C@H](Br)[C@@H](Br)c2ccc(C(F)(F)F)cc2)cc1. The van der Waals surface area contributed by atoms with Gasteiger partial charge in [0, 0.05) is 0 Å². The van der Waals surface area contributed by atoms with Crippen LogP contribution in [0, 0.1) is 0 Å². The summed E-state index contributed by atoms with van der Waals surface area (Å²) in [6.45, 7) is 0. The second-order valence-corrected chi connectivity index (χ2v) is 7.02. The van der Waals surface area contributed by atoms with E-state index in [0.717, 1.165) is 24.3 Å². The van der Waals surface area contributed by atoms with E-state index >= 15 is 0 Å². The maximum absolute atomic E-state index is 12.6. The predicted octanol–water partition coefficient (Wildman–Crippen LogP) is 7.30. The molecule has 0 unspecified atom stereocenters. The third-order valence-corrected chi connectivity index (χ3v) is 6.19. The van der Waals surface area contributed by atoms with Gasteiger partial charge in [-0.05, 0) is 35.4 Å². The molecule has 2 aromatic rings. The second-order valence-electron chi connectivity index (χ2n) is 5.04. The van der Waals surface area contributed by atoms with Gasteiger partial charge < -0.3 is 0 Å². The first-order valence-electron chi connectivity index (χ1n) is 6.62. The van der Waals surface area contributed by atoms with Gasteiger partial charge in [0.25, 0.3) is 0 Å². The zero-order valence-corrected chi connectivity index (χ0v) is 15.0. The highest BCUT2D eigenvalue weighted by Crippen LogP contribution is 2.43. The zero-order valence-electron chi connectivity index (χ0n) is 11.8. The fraction of sp³-hybridized carbons (Fsp3) is 0.250. The molecule has 0 N–H and O–H groups in total. The summed E-state index contributed by atoms with van der Waals surface area (Å²) < 4.78 is 75.4. The quantitative estimate of drug-likeness (QED) is 0.323. The van der Waals surface area contributed by atoms with E-state index in [1.165, 1.54) is 24.3 Å². The summed E-state index contributed by atoms with van der Waals surface area (Å²) >= 11 is 6.74. The highest BCUT2D eigenvalue weighted by molar-refractivity contribution is 9.12. The number of benzene rings is 2. The molecule has 0 amide bonds. The topological polar surface area (TPSA) is 0 Å². The summed E-state index contributed by atoms with van der Waals surface area (Å²) in [5, 5.41) is 0. The van der Waals surface area contributed by atoms with E-state index in [-0.39, 0.29) is 0 Å². The van der Waals surface area contributed by atoms with E-state index in [2.05, 4.69) is 31.9 Å². The van der Waals surface area contributed by atoms with Gasteiger partial charge in [-0.1, -0.05) is 56.1 Å². The Bertz CT molecular complexity index is 612. The van der Waals surface area contributed by atoms with Crippen molar-refractivity contribution in [1.29, 1.82) is 0 Å². The largest absolute Gasteiger partial charge is 0.416 e. The van der Waals surface area contributed by atoms with E-state index in [0.29, 0.717) is 11.1 Å². The predicted molar refractivity (Wildman–Crippen MR) is 86.2 cm³/mol. The van der Waals surface area contributed by atoms with Crippen molar-refractivity contribution in [1.82, 2.24) is 0 Å². The Kier molecular flexibility index (Phi) is 5.69. The average molecular weight is 476 g/mol. The van der Waals surface area contributed by atoms with E-state index in [9.17, 15) is 26.3 Å². The van der Waals surface area contributed by atoms with Crippen LogP contribution in [-0.2, 0) is 12.4 Å². The molecule has 0 nitrogen and oxygen atoms in total. The smallest absolute Gasteiger partial charge is 0.166 e. The van der Waals surface area contributed by atoms with Gasteiger partial charge in [-0.15, -0.1) is 0 Å². The zero-order chi connectivity index (χ0) is 18.1. The van der Waals surface area contributed by atoms with Crippen LogP contribution < -0.4 is 0 Å². The van der Waals surface area contributed by atoms with Crippen molar-refractivity contribution in [2.75, 3.05) is 0 Å². The number of hydrogen-bond acceptors (Lipinski definition) is 0. The van der Waals surface area contributed by atoms with Crippen LogP contribution >= 0.6 is 31.9 Å². The monoisotopic (exact) mass is 474 g/mol. The van der Waals surface area contributed by atoms with Gasteiger partial charge in [0.05, 0.1) is 20.8 Å². The first-order chi connectivity index (χ1) is 11.0. The Balaban J connectivity index is 2.18. The molecule has 2 rings (SSSR count). The molecule has 0 heterocycles. The van der Waals surface area contributed by atoms with Crippen molar-refractivity contribution >= 4 is 31.9 Å². The van der Waals surface area contributed by atoms with E-state index < -0.39 is 33.1 Å². The highest BCUT2D eigenvalue weighted by atomic mass is 79.9. The van der Waals surface area contributed by atoms with Crippen molar-refractivity contribution < 1.29 is 26.3 Å². The fourth-order valence-electron chi connectivity index (χ4n) is 2.05. The first-order valence-corrected chi connectivity index (χ1v) is 8.46. The summed E-state index contributed by atoms with van der Waals surface area (Å²) in [7, 11) is 0. The third kappa shape index (κ3) is 4.53. The maximum atomic E-state index is 12.6. The molecule has 130 valence electrons. The minimum Gasteiger partial charge on any atom is -0.166 e. The lowest BCUT2D eigenvalue weighted by Crippen LogP contribution is -2.07. The van der Waals surface area contributed by atoms with Gasteiger partial charge in [0.2, 0.25) is 0 Å². The summed E-state index contributed by atoms with van der Waals surface area (Å²) in [6, 6.07) is 9.21. The lowest BCUT2D eigenvalue weighted by Gasteiger charge is -2.19. The average Bonchev–Trinajstić information content (AvgIpc) is 2.52. The Morgan fingerprint density at radius 2 is 0.792 bits per heavy atom. The Hall–Kier alpha value is -1.02. The molecule has 0 spiro atoms. The molecule has 0 saturated carbocycles. The molecular formula is C16H10Br2F6. The summed E-state index contributed by atoms with van der Waals surface area (Å²) in [4.78, 5) is -0.812. The van der Waals surface area contributed by atoms with Gasteiger partial charge in [-0.2, -0.15) is 26.3 Å². The summed E-state index contributed by atoms with van der Waals surface area (Å²) in [5.41, 5.74) is -0.368. The van der Waals surface area contributed by atoms with Crippen LogP contribution in [-0.4, -0.2) is 0 Å². The van der Waals surface area contributed by atoms with Crippen molar-refractivity contribution in [3.8, 4) is 0 Å². The molecule has 0 fully saturated rings. The molecule has 8 heteroatoms. The fourth-order valence-corrected chi connectivity index (χ4v) is 3.27. The molecule has 24 heavy (non-hydrogen) atoms. The minimum atomic E-state index is -4.42. The molecule has 0 saturated heterocycles. The highest BCUT2D eigenvalue weighted by Gasteiger charge is 2.32. The van der Waals surface area contributed by atoms with Crippen molar-refractivity contribution in [2.45, 2.75) is 22.0 Å². The normalized spacial score (nSPS) is 15.2. The number of rotatable bonds is 3. The summed E-state index contributed by atoms with van der Waals surface area (Å²) in [6.07, 6.45) is -8.83. The maximum Gasteiger partial charge on any atom is 0.416 e. The van der Waals surface area contributed by atoms with E-state index in [1.54, 1.807) is 0 Å². The summed E-state index contributed by atoms with van der Waals surface area (Å²) in [5.74, 6) is 0.